The molecule has 0 aliphatic heterocycles. The van der Waals surface area contributed by atoms with Crippen LogP contribution in [0.5, 0.6) is 0 Å². The van der Waals surface area contributed by atoms with Gasteiger partial charge in [-0.3, -0.25) is 9.36 Å². The largest absolute Gasteiger partial charge is 0.464 e. The highest BCUT2D eigenvalue weighted by Gasteiger charge is 2.33. The average Bonchev–Trinajstić information content (AvgIpc) is 3.09. The Morgan fingerprint density at radius 1 is 1.10 bits per heavy atom. The molecule has 2 heterocycles. The number of esters is 2. The molecule has 0 saturated carbocycles. The topological polar surface area (TPSA) is 105 Å². The van der Waals surface area contributed by atoms with E-state index in [9.17, 15) is 14.4 Å². The first-order valence-corrected chi connectivity index (χ1v) is 9.24. The minimum absolute atomic E-state index is 0.0593. The number of aromatic nitrogens is 4. The zero-order chi connectivity index (χ0) is 21.1. The van der Waals surface area contributed by atoms with E-state index in [2.05, 4.69) is 10.1 Å². The fraction of sp³-hybridized carbons (Fsp3) is 0.350. The van der Waals surface area contributed by atoms with Gasteiger partial charge in [0, 0.05) is 0 Å². The maximum atomic E-state index is 13.0. The Balaban J connectivity index is 2.14. The molecule has 1 aromatic carbocycles. The van der Waals surface area contributed by atoms with Gasteiger partial charge in [-0.2, -0.15) is 5.10 Å². The van der Waals surface area contributed by atoms with Crippen molar-refractivity contribution < 1.29 is 19.1 Å². The third kappa shape index (κ3) is 3.75. The molecule has 0 N–H and O–H groups in total. The second-order valence-corrected chi connectivity index (χ2v) is 6.45. The number of aryl methyl sites for hydroxylation is 2. The Kier molecular flexibility index (Phi) is 5.76. The molecule has 152 valence electrons. The second kappa shape index (κ2) is 8.26. The number of nitrogens with zero attached hydrogens (tertiary/aromatic N) is 4. The van der Waals surface area contributed by atoms with E-state index < -0.39 is 23.5 Å². The lowest BCUT2D eigenvalue weighted by Gasteiger charge is -2.16. The van der Waals surface area contributed by atoms with Crippen molar-refractivity contribution in [2.24, 2.45) is 0 Å². The molecular formula is C20H22N4O5. The van der Waals surface area contributed by atoms with Crippen molar-refractivity contribution in [2.45, 2.75) is 33.7 Å². The van der Waals surface area contributed by atoms with Gasteiger partial charge in [0.05, 0.1) is 25.1 Å². The van der Waals surface area contributed by atoms with Crippen LogP contribution in [0.15, 0.2) is 35.5 Å². The molecule has 9 nitrogen and oxygen atoms in total. The predicted molar refractivity (Wildman–Crippen MR) is 105 cm³/mol. The molecular weight excluding hydrogens is 376 g/mol. The Bertz CT molecular complexity index is 1110. The Morgan fingerprint density at radius 3 is 2.34 bits per heavy atom. The van der Waals surface area contributed by atoms with Gasteiger partial charge >= 0.3 is 11.9 Å². The molecule has 0 atom stereocenters. The summed E-state index contributed by atoms with van der Waals surface area (Å²) in [6.07, 6.45) is 2.51. The second-order valence-electron chi connectivity index (χ2n) is 6.45. The average molecular weight is 398 g/mol. The summed E-state index contributed by atoms with van der Waals surface area (Å²) in [4.78, 5) is 42.0. The van der Waals surface area contributed by atoms with Gasteiger partial charge in [-0.1, -0.05) is 17.7 Å². The number of hydrogen-bond donors (Lipinski definition) is 0. The van der Waals surface area contributed by atoms with E-state index in [0.717, 1.165) is 27.7 Å². The molecule has 9 heteroatoms. The number of carbonyl (C=O) groups is 2. The van der Waals surface area contributed by atoms with Gasteiger partial charge in [-0.15, -0.1) is 0 Å². The first-order valence-electron chi connectivity index (χ1n) is 9.24. The van der Waals surface area contributed by atoms with E-state index in [4.69, 9.17) is 9.47 Å². The van der Waals surface area contributed by atoms with Gasteiger partial charge in [0.25, 0.3) is 5.56 Å². The van der Waals surface area contributed by atoms with Crippen LogP contribution in [0, 0.1) is 13.8 Å². The van der Waals surface area contributed by atoms with Crippen LogP contribution in [-0.4, -0.2) is 44.5 Å². The summed E-state index contributed by atoms with van der Waals surface area (Å²) in [5, 5.41) is 4.46. The highest BCUT2D eigenvalue weighted by Crippen LogP contribution is 2.19. The molecule has 3 aromatic rings. The van der Waals surface area contributed by atoms with Gasteiger partial charge in [0.2, 0.25) is 6.04 Å². The van der Waals surface area contributed by atoms with Gasteiger partial charge < -0.3 is 9.47 Å². The molecule has 0 aliphatic carbocycles. The van der Waals surface area contributed by atoms with Gasteiger partial charge in [-0.05, 0) is 39.3 Å². The molecule has 0 unspecified atom stereocenters. The highest BCUT2D eigenvalue weighted by molar-refractivity contribution is 5.97. The normalized spacial score (nSPS) is 11.1. The lowest BCUT2D eigenvalue weighted by Crippen LogP contribution is -2.37. The minimum Gasteiger partial charge on any atom is -0.464 e. The highest BCUT2D eigenvalue weighted by atomic mass is 16.6. The Morgan fingerprint density at radius 2 is 1.76 bits per heavy atom. The van der Waals surface area contributed by atoms with E-state index in [1.165, 1.54) is 6.20 Å². The molecule has 0 bridgehead atoms. The third-order valence-corrected chi connectivity index (χ3v) is 4.39. The summed E-state index contributed by atoms with van der Waals surface area (Å²) in [5.41, 5.74) is 2.59. The van der Waals surface area contributed by atoms with Crippen molar-refractivity contribution in [3.8, 4) is 5.69 Å². The van der Waals surface area contributed by atoms with Crippen LogP contribution >= 0.6 is 0 Å². The number of fused-ring (bicyclic) bond motifs is 1. The van der Waals surface area contributed by atoms with E-state index in [1.807, 2.05) is 32.0 Å². The summed E-state index contributed by atoms with van der Waals surface area (Å²) in [6.45, 7) is 7.26. The fourth-order valence-corrected chi connectivity index (χ4v) is 3.09. The van der Waals surface area contributed by atoms with Crippen molar-refractivity contribution in [3.05, 3.63) is 52.2 Å². The predicted octanol–water partition coefficient (Wildman–Crippen LogP) is 1.87. The fourth-order valence-electron chi connectivity index (χ4n) is 3.09. The summed E-state index contributed by atoms with van der Waals surface area (Å²) in [7, 11) is 0. The van der Waals surface area contributed by atoms with Crippen molar-refractivity contribution in [1.29, 1.82) is 0 Å². The Labute approximate surface area is 166 Å². The molecule has 0 fully saturated rings. The number of carbonyl (C=O) groups excluding carboxylic acids is 2. The number of ether oxygens (including phenoxy) is 2. The van der Waals surface area contributed by atoms with E-state index >= 15 is 0 Å². The van der Waals surface area contributed by atoms with Crippen molar-refractivity contribution in [3.63, 3.8) is 0 Å². The number of benzene rings is 1. The molecule has 0 aliphatic rings. The molecule has 0 saturated heterocycles. The standard InChI is InChI=1S/C20H22N4O5/c1-5-28-19(26)16(20(27)29-6-2)23-11-21-17-14(18(23)25)10-22-24(17)15-8-7-12(3)9-13(15)4/h7-11,16H,5-6H2,1-4H3. The molecule has 2 aromatic heterocycles. The van der Waals surface area contributed by atoms with E-state index in [1.54, 1.807) is 18.5 Å². The van der Waals surface area contributed by atoms with Crippen LogP contribution in [0.2, 0.25) is 0 Å². The smallest absolute Gasteiger partial charge is 0.341 e. The Hall–Kier alpha value is -3.49. The number of rotatable bonds is 6. The number of hydrogen-bond acceptors (Lipinski definition) is 7. The van der Waals surface area contributed by atoms with Gasteiger partial charge in [0.15, 0.2) is 5.65 Å². The lowest BCUT2D eigenvalue weighted by molar-refractivity contribution is -0.160. The SMILES string of the molecule is CCOC(=O)C(C(=O)OCC)n1cnc2c(cnn2-c2ccc(C)cc2C)c1=O. The molecule has 3 rings (SSSR count). The van der Waals surface area contributed by atoms with Crippen LogP contribution in [-0.2, 0) is 19.1 Å². The minimum atomic E-state index is -1.57. The lowest BCUT2D eigenvalue weighted by atomic mass is 10.1. The molecule has 0 spiro atoms. The van der Waals surface area contributed by atoms with Crippen LogP contribution in [0.25, 0.3) is 16.7 Å². The monoisotopic (exact) mass is 398 g/mol. The van der Waals surface area contributed by atoms with E-state index in [0.29, 0.717) is 5.65 Å². The summed E-state index contributed by atoms with van der Waals surface area (Å²) in [6, 6.07) is 4.27. The van der Waals surface area contributed by atoms with Crippen LogP contribution in [0.3, 0.4) is 0 Å². The molecule has 29 heavy (non-hydrogen) atoms. The molecule has 0 radical (unpaired) electrons. The van der Waals surface area contributed by atoms with Crippen LogP contribution in [0.4, 0.5) is 0 Å². The van der Waals surface area contributed by atoms with Crippen molar-refractivity contribution in [2.75, 3.05) is 13.2 Å². The van der Waals surface area contributed by atoms with E-state index in [-0.39, 0.29) is 18.6 Å². The van der Waals surface area contributed by atoms with Gasteiger partial charge in [0.1, 0.15) is 11.7 Å². The summed E-state index contributed by atoms with van der Waals surface area (Å²) >= 11 is 0. The maximum Gasteiger partial charge on any atom is 0.341 e. The van der Waals surface area contributed by atoms with Crippen LogP contribution < -0.4 is 5.56 Å². The van der Waals surface area contributed by atoms with Crippen LogP contribution in [0.1, 0.15) is 31.0 Å². The molecule has 0 amide bonds. The zero-order valence-corrected chi connectivity index (χ0v) is 16.7. The summed E-state index contributed by atoms with van der Waals surface area (Å²) in [5.74, 6) is -1.76. The summed E-state index contributed by atoms with van der Waals surface area (Å²) < 4.78 is 12.4. The van der Waals surface area contributed by atoms with Gasteiger partial charge in [-0.25, -0.2) is 19.3 Å². The van der Waals surface area contributed by atoms with Crippen molar-refractivity contribution >= 4 is 23.0 Å². The van der Waals surface area contributed by atoms with Crippen molar-refractivity contribution in [1.82, 2.24) is 19.3 Å². The zero-order valence-electron chi connectivity index (χ0n) is 16.7. The maximum absolute atomic E-state index is 13.0. The quantitative estimate of drug-likeness (QED) is 0.461. The third-order valence-electron chi connectivity index (χ3n) is 4.39. The first kappa shape index (κ1) is 20.2. The first-order chi connectivity index (χ1) is 13.9.